The molecule has 4 rings (SSSR count). The van der Waals surface area contributed by atoms with Crippen LogP contribution >= 0.6 is 0 Å². The van der Waals surface area contributed by atoms with Gasteiger partial charge >= 0.3 is 0 Å². The van der Waals surface area contributed by atoms with E-state index in [1.165, 1.54) is 0 Å². The summed E-state index contributed by atoms with van der Waals surface area (Å²) in [7, 11) is 0. The van der Waals surface area contributed by atoms with Crippen molar-refractivity contribution in [2.45, 2.75) is 137 Å². The molecule has 0 aromatic carbocycles. The van der Waals surface area contributed by atoms with Gasteiger partial charge in [-0.25, -0.2) is 0 Å². The topological polar surface area (TPSA) is 366 Å². The molecule has 20 atom stereocenters. The van der Waals surface area contributed by atoms with Crippen molar-refractivity contribution >= 4 is 11.8 Å². The molecular formula is C28H48N2O21. The van der Waals surface area contributed by atoms with Gasteiger partial charge in [-0.05, 0) is 0 Å². The Morgan fingerprint density at radius 1 is 0.471 bits per heavy atom. The minimum Gasteiger partial charge on any atom is -0.394 e. The van der Waals surface area contributed by atoms with Crippen molar-refractivity contribution in [2.75, 3.05) is 26.4 Å². The SMILES string of the molecule is CC(=O)N[C@H]1[C@H](O[C@H]2[C@@H](O)[C@@H](CO)O[C@@H](O[C@H]3[C@@H](O)[C@@H](CO)O[C@@H](O[C@@H]4[C@@H](O)[C@@H](O)O[C@H](CO)[C@@H]4O)[C@@H]3NC(C)=O)[C@@H]2O)O[C@H](CO)[C@@H](O)[C@@H]1O. The van der Waals surface area contributed by atoms with Crippen LogP contribution in [0.4, 0.5) is 0 Å². The lowest BCUT2D eigenvalue weighted by Gasteiger charge is -2.50. The highest BCUT2D eigenvalue weighted by Gasteiger charge is 2.56. The fourth-order valence-electron chi connectivity index (χ4n) is 6.34. The number of aliphatic hydroxyl groups excluding tert-OH is 12. The Balaban J connectivity index is 1.63. The molecule has 296 valence electrons. The standard InChI is InChI=1S/C28H48N2O21/c1-7(35)29-13-19(41)15(37)9(3-31)46-26(13)51-24-18(40)12(6-34)48-28(21(24)43)49-22-14(30-8(2)36)27(47-11(5-33)16(22)38)50-23-17(39)10(4-32)45-25(44)20(23)42/h9-28,31-34,37-44H,3-6H2,1-2H3,(H,29,35)(H,30,36)/t9-,10-,11-,12-,13-,14-,15-,16+,17+,18+,19-,20-,21-,22-,23+,24+,25+,26+,27+,28+/m1/s1. The first kappa shape index (κ1) is 41.9. The van der Waals surface area contributed by atoms with Gasteiger partial charge in [0, 0.05) is 13.8 Å². The van der Waals surface area contributed by atoms with E-state index in [9.17, 15) is 70.9 Å². The second kappa shape index (κ2) is 18.0. The summed E-state index contributed by atoms with van der Waals surface area (Å²) in [5.41, 5.74) is 0. The Morgan fingerprint density at radius 3 is 1.33 bits per heavy atom. The second-order valence-electron chi connectivity index (χ2n) is 12.6. The number of hydrogen-bond acceptors (Lipinski definition) is 21. The summed E-state index contributed by atoms with van der Waals surface area (Å²) >= 11 is 0. The van der Waals surface area contributed by atoms with E-state index in [1.807, 2.05) is 0 Å². The molecule has 2 amide bonds. The van der Waals surface area contributed by atoms with Crippen LogP contribution in [0, 0.1) is 0 Å². The van der Waals surface area contributed by atoms with Crippen LogP contribution in [0.5, 0.6) is 0 Å². The maximum absolute atomic E-state index is 12.3. The molecule has 0 aromatic rings. The normalized spacial score (nSPS) is 47.8. The molecule has 0 bridgehead atoms. The summed E-state index contributed by atoms with van der Waals surface area (Å²) in [6.07, 6.45) is -31.9. The third-order valence-electron chi connectivity index (χ3n) is 9.01. The Bertz CT molecular complexity index is 1140. The zero-order valence-corrected chi connectivity index (χ0v) is 27.4. The zero-order chi connectivity index (χ0) is 37.9. The molecule has 0 spiro atoms. The van der Waals surface area contributed by atoms with E-state index in [4.69, 9.17) is 33.2 Å². The van der Waals surface area contributed by atoms with Crippen LogP contribution in [0.15, 0.2) is 0 Å². The van der Waals surface area contributed by atoms with Gasteiger partial charge in [0.05, 0.1) is 26.4 Å². The molecule has 4 aliphatic rings. The maximum Gasteiger partial charge on any atom is 0.217 e. The van der Waals surface area contributed by atoms with Gasteiger partial charge in [0.25, 0.3) is 0 Å². The van der Waals surface area contributed by atoms with E-state index in [2.05, 4.69) is 10.6 Å². The highest BCUT2D eigenvalue weighted by Crippen LogP contribution is 2.34. The summed E-state index contributed by atoms with van der Waals surface area (Å²) in [6.45, 7) is -1.33. The predicted octanol–water partition coefficient (Wildman–Crippen LogP) is -9.46. The Hall–Kier alpha value is -1.82. The van der Waals surface area contributed by atoms with Gasteiger partial charge in [-0.15, -0.1) is 0 Å². The number of amides is 2. The third-order valence-corrected chi connectivity index (χ3v) is 9.01. The quantitative estimate of drug-likeness (QED) is 0.0881. The van der Waals surface area contributed by atoms with Crippen LogP contribution < -0.4 is 10.6 Å². The average Bonchev–Trinajstić information content (AvgIpc) is 3.08. The molecule has 4 fully saturated rings. The molecule has 0 aromatic heterocycles. The summed E-state index contributed by atoms with van der Waals surface area (Å²) in [5, 5.41) is 130. The molecule has 4 saturated heterocycles. The first-order chi connectivity index (χ1) is 24.1. The molecule has 0 unspecified atom stereocenters. The Morgan fingerprint density at radius 2 is 0.843 bits per heavy atom. The number of ether oxygens (including phenoxy) is 7. The minimum atomic E-state index is -2.07. The van der Waals surface area contributed by atoms with Gasteiger partial charge in [-0.2, -0.15) is 0 Å². The van der Waals surface area contributed by atoms with Crippen molar-refractivity contribution in [3.8, 4) is 0 Å². The van der Waals surface area contributed by atoms with Gasteiger partial charge in [0.15, 0.2) is 25.2 Å². The van der Waals surface area contributed by atoms with Crippen molar-refractivity contribution in [3.63, 3.8) is 0 Å². The van der Waals surface area contributed by atoms with Crippen molar-refractivity contribution in [1.29, 1.82) is 0 Å². The summed E-state index contributed by atoms with van der Waals surface area (Å²) in [5.74, 6) is -1.47. The van der Waals surface area contributed by atoms with Crippen molar-refractivity contribution in [2.24, 2.45) is 0 Å². The van der Waals surface area contributed by atoms with E-state index in [1.54, 1.807) is 0 Å². The Kier molecular flexibility index (Phi) is 14.8. The zero-order valence-electron chi connectivity index (χ0n) is 27.4. The molecule has 4 heterocycles. The number of hydrogen-bond donors (Lipinski definition) is 14. The van der Waals surface area contributed by atoms with Crippen LogP contribution in [0.25, 0.3) is 0 Å². The molecule has 0 radical (unpaired) electrons. The summed E-state index contributed by atoms with van der Waals surface area (Å²) < 4.78 is 39.1. The Labute approximate surface area is 289 Å². The maximum atomic E-state index is 12.3. The van der Waals surface area contributed by atoms with Crippen LogP contribution in [-0.2, 0) is 42.7 Å². The average molecular weight is 749 g/mol. The summed E-state index contributed by atoms with van der Waals surface area (Å²) in [4.78, 5) is 24.2. The predicted molar refractivity (Wildman–Crippen MR) is 157 cm³/mol. The molecule has 23 heteroatoms. The number of aliphatic hydroxyl groups is 12. The van der Waals surface area contributed by atoms with Crippen molar-refractivity contribution in [1.82, 2.24) is 10.6 Å². The van der Waals surface area contributed by atoms with Crippen LogP contribution in [0.3, 0.4) is 0 Å². The number of carbonyl (C=O) groups is 2. The number of nitrogens with one attached hydrogen (secondary N) is 2. The van der Waals surface area contributed by atoms with E-state index >= 15 is 0 Å². The minimum absolute atomic E-state index is 0.705. The van der Waals surface area contributed by atoms with Crippen LogP contribution in [0.1, 0.15) is 13.8 Å². The fourth-order valence-corrected chi connectivity index (χ4v) is 6.34. The van der Waals surface area contributed by atoms with Gasteiger partial charge in [-0.1, -0.05) is 0 Å². The fraction of sp³-hybridized carbons (Fsp3) is 0.929. The largest absolute Gasteiger partial charge is 0.394 e. The summed E-state index contributed by atoms with van der Waals surface area (Å²) in [6, 6.07) is -3.13. The van der Waals surface area contributed by atoms with E-state index in [-0.39, 0.29) is 0 Å². The lowest BCUT2D eigenvalue weighted by Crippen LogP contribution is -2.70. The molecular weight excluding hydrogens is 700 g/mol. The number of carbonyl (C=O) groups excluding carboxylic acids is 2. The van der Waals surface area contributed by atoms with E-state index in [0.29, 0.717) is 0 Å². The van der Waals surface area contributed by atoms with Gasteiger partial charge in [0.1, 0.15) is 97.5 Å². The van der Waals surface area contributed by atoms with E-state index < -0.39 is 161 Å². The highest BCUT2D eigenvalue weighted by molar-refractivity contribution is 5.73. The molecule has 51 heavy (non-hydrogen) atoms. The first-order valence-corrected chi connectivity index (χ1v) is 16.1. The molecule has 0 saturated carbocycles. The second-order valence-corrected chi connectivity index (χ2v) is 12.6. The van der Waals surface area contributed by atoms with Crippen molar-refractivity contribution < 1.29 is 104 Å². The van der Waals surface area contributed by atoms with Gasteiger partial charge < -0.3 is 105 Å². The molecule has 4 aliphatic heterocycles. The third kappa shape index (κ3) is 9.11. The molecule has 23 nitrogen and oxygen atoms in total. The lowest BCUT2D eigenvalue weighted by atomic mass is 9.94. The smallest absolute Gasteiger partial charge is 0.217 e. The first-order valence-electron chi connectivity index (χ1n) is 16.1. The monoisotopic (exact) mass is 748 g/mol. The molecule has 14 N–H and O–H groups in total. The van der Waals surface area contributed by atoms with Crippen molar-refractivity contribution in [3.05, 3.63) is 0 Å². The number of rotatable bonds is 12. The lowest BCUT2D eigenvalue weighted by molar-refractivity contribution is -0.375. The highest BCUT2D eigenvalue weighted by atomic mass is 16.8. The van der Waals surface area contributed by atoms with E-state index in [0.717, 1.165) is 13.8 Å². The van der Waals surface area contributed by atoms with Gasteiger partial charge in [-0.3, -0.25) is 9.59 Å². The van der Waals surface area contributed by atoms with Crippen LogP contribution in [-0.4, -0.2) is 222 Å². The van der Waals surface area contributed by atoms with Crippen LogP contribution in [0.2, 0.25) is 0 Å². The molecule has 0 aliphatic carbocycles. The van der Waals surface area contributed by atoms with Gasteiger partial charge in [0.2, 0.25) is 11.8 Å².